The van der Waals surface area contributed by atoms with E-state index >= 15 is 0 Å². The third kappa shape index (κ3) is 4.39. The molecule has 0 aliphatic carbocycles. The molecule has 3 heterocycles. The number of amides is 1. The molecule has 2 aliphatic rings. The van der Waals surface area contributed by atoms with Gasteiger partial charge in [-0.05, 0) is 29.8 Å². The standard InChI is InChI=1S/C20H24FN5O2/c21-17-3-1-16(2-4-17)15-20(27)26-9-7-24(8-10-26)18-5-6-19(23-22-18)25-11-13-28-14-12-25/h1-6H,7-15H2. The van der Waals surface area contributed by atoms with E-state index in [2.05, 4.69) is 20.0 Å². The van der Waals surface area contributed by atoms with Crippen LogP contribution in [0.1, 0.15) is 5.56 Å². The lowest BCUT2D eigenvalue weighted by Crippen LogP contribution is -2.49. The summed E-state index contributed by atoms with van der Waals surface area (Å²) in [6.07, 6.45) is 0.300. The molecule has 1 aromatic carbocycles. The van der Waals surface area contributed by atoms with E-state index in [1.54, 1.807) is 12.1 Å². The van der Waals surface area contributed by atoms with Crippen molar-refractivity contribution in [1.82, 2.24) is 15.1 Å². The smallest absolute Gasteiger partial charge is 0.227 e. The number of ether oxygens (including phenoxy) is 1. The Hall–Kier alpha value is -2.74. The van der Waals surface area contributed by atoms with Gasteiger partial charge < -0.3 is 19.4 Å². The van der Waals surface area contributed by atoms with Crippen molar-refractivity contribution in [3.63, 3.8) is 0 Å². The average molecular weight is 385 g/mol. The second kappa shape index (κ2) is 8.52. The van der Waals surface area contributed by atoms with Gasteiger partial charge in [-0.1, -0.05) is 12.1 Å². The van der Waals surface area contributed by atoms with Gasteiger partial charge in [0, 0.05) is 39.3 Å². The summed E-state index contributed by atoms with van der Waals surface area (Å²) in [7, 11) is 0. The summed E-state index contributed by atoms with van der Waals surface area (Å²) in [5.74, 6) is 1.49. The second-order valence-corrected chi connectivity index (χ2v) is 7.02. The molecule has 8 heteroatoms. The van der Waals surface area contributed by atoms with Crippen LogP contribution in [0.2, 0.25) is 0 Å². The lowest BCUT2D eigenvalue weighted by atomic mass is 10.1. The summed E-state index contributed by atoms with van der Waals surface area (Å²) in [6.45, 7) is 5.85. The Bertz CT molecular complexity index is 785. The predicted molar refractivity (Wildman–Crippen MR) is 104 cm³/mol. The van der Waals surface area contributed by atoms with Gasteiger partial charge in [0.05, 0.1) is 19.6 Å². The van der Waals surface area contributed by atoms with Crippen LogP contribution in [0.3, 0.4) is 0 Å². The fraction of sp³-hybridized carbons (Fsp3) is 0.450. The summed E-state index contributed by atoms with van der Waals surface area (Å²) in [5, 5.41) is 8.74. The van der Waals surface area contributed by atoms with Gasteiger partial charge in [0.2, 0.25) is 5.91 Å². The van der Waals surface area contributed by atoms with E-state index in [-0.39, 0.29) is 11.7 Å². The molecule has 2 saturated heterocycles. The number of morpholine rings is 1. The van der Waals surface area contributed by atoms with Gasteiger partial charge in [-0.25, -0.2) is 4.39 Å². The molecule has 1 amide bonds. The third-order valence-corrected chi connectivity index (χ3v) is 5.20. The van der Waals surface area contributed by atoms with Crippen LogP contribution in [-0.2, 0) is 16.0 Å². The van der Waals surface area contributed by atoms with E-state index in [0.29, 0.717) is 19.5 Å². The molecule has 4 rings (SSSR count). The first-order valence-corrected chi connectivity index (χ1v) is 9.63. The first-order valence-electron chi connectivity index (χ1n) is 9.63. The molecule has 1 aromatic heterocycles. The topological polar surface area (TPSA) is 61.8 Å². The Morgan fingerprint density at radius 2 is 1.43 bits per heavy atom. The number of anilines is 2. The van der Waals surface area contributed by atoms with Gasteiger partial charge in [0.15, 0.2) is 11.6 Å². The summed E-state index contributed by atoms with van der Waals surface area (Å²) in [4.78, 5) is 18.7. The molecule has 2 aliphatic heterocycles. The van der Waals surface area contributed by atoms with Gasteiger partial charge >= 0.3 is 0 Å². The molecule has 0 bridgehead atoms. The number of halogens is 1. The van der Waals surface area contributed by atoms with Crippen LogP contribution in [0.25, 0.3) is 0 Å². The molecule has 2 fully saturated rings. The fourth-order valence-electron chi connectivity index (χ4n) is 3.52. The van der Waals surface area contributed by atoms with Crippen molar-refractivity contribution in [2.45, 2.75) is 6.42 Å². The quantitative estimate of drug-likeness (QED) is 0.792. The van der Waals surface area contributed by atoms with Crippen LogP contribution < -0.4 is 9.80 Å². The number of rotatable bonds is 4. The van der Waals surface area contributed by atoms with E-state index < -0.39 is 0 Å². The molecule has 7 nitrogen and oxygen atoms in total. The fourth-order valence-corrected chi connectivity index (χ4v) is 3.52. The SMILES string of the molecule is O=C(Cc1ccc(F)cc1)N1CCN(c2ccc(N3CCOCC3)nn2)CC1. The summed E-state index contributed by atoms with van der Waals surface area (Å²) in [6, 6.07) is 10.1. The maximum absolute atomic E-state index is 13.0. The molecule has 0 unspecified atom stereocenters. The molecule has 0 atom stereocenters. The summed E-state index contributed by atoms with van der Waals surface area (Å²) >= 11 is 0. The highest BCUT2D eigenvalue weighted by atomic mass is 19.1. The third-order valence-electron chi connectivity index (χ3n) is 5.20. The first-order chi connectivity index (χ1) is 13.7. The number of benzene rings is 1. The van der Waals surface area contributed by atoms with Gasteiger partial charge in [0.25, 0.3) is 0 Å². The average Bonchev–Trinajstić information content (AvgIpc) is 2.76. The number of carbonyl (C=O) groups is 1. The van der Waals surface area contributed by atoms with Crippen molar-refractivity contribution in [1.29, 1.82) is 0 Å². The van der Waals surface area contributed by atoms with Crippen molar-refractivity contribution < 1.29 is 13.9 Å². The molecule has 2 aromatic rings. The van der Waals surface area contributed by atoms with Crippen molar-refractivity contribution in [3.05, 3.63) is 47.8 Å². The van der Waals surface area contributed by atoms with E-state index in [1.165, 1.54) is 12.1 Å². The maximum Gasteiger partial charge on any atom is 0.227 e. The Balaban J connectivity index is 1.29. The van der Waals surface area contributed by atoms with E-state index in [0.717, 1.165) is 56.6 Å². The number of aromatic nitrogens is 2. The van der Waals surface area contributed by atoms with Gasteiger partial charge in [-0.15, -0.1) is 10.2 Å². The monoisotopic (exact) mass is 385 g/mol. The molecule has 28 heavy (non-hydrogen) atoms. The minimum absolute atomic E-state index is 0.0695. The van der Waals surface area contributed by atoms with Crippen molar-refractivity contribution in [2.24, 2.45) is 0 Å². The van der Waals surface area contributed by atoms with Crippen LogP contribution in [0.4, 0.5) is 16.0 Å². The largest absolute Gasteiger partial charge is 0.378 e. The maximum atomic E-state index is 13.0. The Morgan fingerprint density at radius 3 is 2.00 bits per heavy atom. The number of hydrogen-bond donors (Lipinski definition) is 0. The first kappa shape index (κ1) is 18.6. The van der Waals surface area contributed by atoms with Crippen molar-refractivity contribution >= 4 is 17.5 Å². The van der Waals surface area contributed by atoms with E-state index in [1.807, 2.05) is 17.0 Å². The lowest BCUT2D eigenvalue weighted by molar-refractivity contribution is -0.130. The molecule has 148 valence electrons. The number of piperazine rings is 1. The molecule has 0 N–H and O–H groups in total. The lowest BCUT2D eigenvalue weighted by Gasteiger charge is -2.35. The van der Waals surface area contributed by atoms with Gasteiger partial charge in [-0.2, -0.15) is 0 Å². The van der Waals surface area contributed by atoms with Gasteiger partial charge in [0.1, 0.15) is 5.82 Å². The highest BCUT2D eigenvalue weighted by Crippen LogP contribution is 2.18. The molecule has 0 saturated carbocycles. The summed E-state index contributed by atoms with van der Waals surface area (Å²) < 4.78 is 18.4. The number of carbonyl (C=O) groups excluding carboxylic acids is 1. The summed E-state index contributed by atoms with van der Waals surface area (Å²) in [5.41, 5.74) is 0.832. The molecular weight excluding hydrogens is 361 g/mol. The van der Waals surface area contributed by atoms with Crippen LogP contribution in [-0.4, -0.2) is 73.5 Å². The van der Waals surface area contributed by atoms with Gasteiger partial charge in [-0.3, -0.25) is 4.79 Å². The Labute approximate surface area is 163 Å². The zero-order valence-corrected chi connectivity index (χ0v) is 15.8. The minimum Gasteiger partial charge on any atom is -0.378 e. The van der Waals surface area contributed by atoms with Crippen LogP contribution in [0.15, 0.2) is 36.4 Å². The number of nitrogens with zero attached hydrogens (tertiary/aromatic N) is 5. The van der Waals surface area contributed by atoms with E-state index in [9.17, 15) is 9.18 Å². The highest BCUT2D eigenvalue weighted by molar-refractivity contribution is 5.79. The van der Waals surface area contributed by atoms with Crippen molar-refractivity contribution in [3.8, 4) is 0 Å². The van der Waals surface area contributed by atoms with Crippen LogP contribution in [0, 0.1) is 5.82 Å². The predicted octanol–water partition coefficient (Wildman–Crippen LogP) is 1.34. The zero-order valence-electron chi connectivity index (χ0n) is 15.8. The second-order valence-electron chi connectivity index (χ2n) is 7.02. The van der Waals surface area contributed by atoms with Crippen molar-refractivity contribution in [2.75, 3.05) is 62.3 Å². The van der Waals surface area contributed by atoms with E-state index in [4.69, 9.17) is 4.74 Å². The zero-order chi connectivity index (χ0) is 19.3. The normalized spacial score (nSPS) is 17.7. The molecule has 0 radical (unpaired) electrons. The molecular formula is C20H24FN5O2. The Kier molecular flexibility index (Phi) is 5.66. The minimum atomic E-state index is -0.287. The molecule has 0 spiro atoms. The Morgan fingerprint density at radius 1 is 0.857 bits per heavy atom. The highest BCUT2D eigenvalue weighted by Gasteiger charge is 2.22. The van der Waals surface area contributed by atoms with Crippen LogP contribution in [0.5, 0.6) is 0 Å². The number of hydrogen-bond acceptors (Lipinski definition) is 6. The van der Waals surface area contributed by atoms with Crippen LogP contribution >= 0.6 is 0 Å².